The number of nitrogens with two attached hydrogens (primary N) is 1. The Hall–Kier alpha value is -1.00. The number of rotatable bonds is 6. The fourth-order valence-electron chi connectivity index (χ4n) is 1.64. The molecule has 0 unspecified atom stereocenters. The van der Waals surface area contributed by atoms with Crippen LogP contribution in [0.15, 0.2) is 12.1 Å². The summed E-state index contributed by atoms with van der Waals surface area (Å²) in [4.78, 5) is 1.94. The van der Waals surface area contributed by atoms with Crippen molar-refractivity contribution in [3.05, 3.63) is 23.0 Å². The average Bonchev–Trinajstić information content (AvgIpc) is 2.29. The summed E-state index contributed by atoms with van der Waals surface area (Å²) in [5, 5.41) is 8.75. The second-order valence-corrected chi connectivity index (χ2v) is 4.44. The molecule has 0 atom stereocenters. The Morgan fingerprint density at radius 2 is 2.06 bits per heavy atom. The molecule has 0 bridgehead atoms. The first-order chi connectivity index (χ1) is 8.06. The summed E-state index contributed by atoms with van der Waals surface area (Å²) in [6, 6.07) is 2.78. The maximum atomic E-state index is 13.1. The second kappa shape index (κ2) is 6.67. The highest BCUT2D eigenvalue weighted by Gasteiger charge is 2.09. The van der Waals surface area contributed by atoms with Crippen LogP contribution < -0.4 is 10.6 Å². The van der Waals surface area contributed by atoms with Gasteiger partial charge in [0.05, 0.1) is 16.4 Å². The van der Waals surface area contributed by atoms with Crippen molar-refractivity contribution < 1.29 is 9.50 Å². The molecule has 0 spiro atoms. The van der Waals surface area contributed by atoms with E-state index < -0.39 is 5.82 Å². The average molecular weight is 261 g/mol. The van der Waals surface area contributed by atoms with Crippen LogP contribution in [-0.4, -0.2) is 25.3 Å². The molecule has 0 fully saturated rings. The molecule has 1 rings (SSSR count). The molecule has 1 aromatic carbocycles. The van der Waals surface area contributed by atoms with E-state index in [-0.39, 0.29) is 11.6 Å². The summed E-state index contributed by atoms with van der Waals surface area (Å²) in [5.74, 6) is -0.499. The minimum Gasteiger partial charge on any atom is -0.397 e. The first-order valence-electron chi connectivity index (χ1n) is 5.62. The molecular formula is C12H18ClFN2O. The number of nitrogens with zero attached hydrogens (tertiary/aromatic N) is 1. The lowest BCUT2D eigenvalue weighted by molar-refractivity contribution is 0.283. The van der Waals surface area contributed by atoms with E-state index in [1.54, 1.807) is 0 Å². The lowest BCUT2D eigenvalue weighted by atomic mass is 10.2. The third-order valence-electron chi connectivity index (χ3n) is 2.63. The highest BCUT2D eigenvalue weighted by molar-refractivity contribution is 6.31. The van der Waals surface area contributed by atoms with Crippen LogP contribution in [0.4, 0.5) is 15.8 Å². The van der Waals surface area contributed by atoms with Gasteiger partial charge in [-0.2, -0.15) is 0 Å². The molecule has 17 heavy (non-hydrogen) atoms. The first-order valence-corrected chi connectivity index (χ1v) is 6.00. The van der Waals surface area contributed by atoms with Crippen molar-refractivity contribution in [1.29, 1.82) is 0 Å². The van der Waals surface area contributed by atoms with Crippen LogP contribution >= 0.6 is 11.6 Å². The highest BCUT2D eigenvalue weighted by Crippen LogP contribution is 2.28. The van der Waals surface area contributed by atoms with Gasteiger partial charge in [0, 0.05) is 26.3 Å². The van der Waals surface area contributed by atoms with Gasteiger partial charge in [-0.05, 0) is 25.3 Å². The molecule has 0 aliphatic rings. The molecule has 0 aliphatic carbocycles. The van der Waals surface area contributed by atoms with Gasteiger partial charge in [0.25, 0.3) is 0 Å². The highest BCUT2D eigenvalue weighted by atomic mass is 35.5. The molecule has 0 aromatic heterocycles. The number of nitrogen functional groups attached to an aromatic ring is 1. The Labute approximate surface area is 106 Å². The fraction of sp³-hybridized carbons (Fsp3) is 0.500. The van der Waals surface area contributed by atoms with Gasteiger partial charge in [0.2, 0.25) is 0 Å². The van der Waals surface area contributed by atoms with Gasteiger partial charge in [0.15, 0.2) is 0 Å². The third-order valence-corrected chi connectivity index (χ3v) is 2.92. The normalized spacial score (nSPS) is 10.6. The zero-order valence-electron chi connectivity index (χ0n) is 9.92. The molecule has 0 radical (unpaired) electrons. The van der Waals surface area contributed by atoms with E-state index in [0.29, 0.717) is 5.69 Å². The summed E-state index contributed by atoms with van der Waals surface area (Å²) >= 11 is 5.72. The second-order valence-electron chi connectivity index (χ2n) is 4.03. The summed E-state index contributed by atoms with van der Waals surface area (Å²) in [6.07, 6.45) is 2.70. The Balaban J connectivity index is 2.62. The molecule has 3 nitrogen and oxygen atoms in total. The predicted octanol–water partition coefficient (Wildman–Crippen LogP) is 2.66. The van der Waals surface area contributed by atoms with Gasteiger partial charge in [-0.3, -0.25) is 0 Å². The van der Waals surface area contributed by atoms with Gasteiger partial charge in [0.1, 0.15) is 5.82 Å². The summed E-state index contributed by atoms with van der Waals surface area (Å²) < 4.78 is 13.1. The zero-order valence-corrected chi connectivity index (χ0v) is 10.7. The molecular weight excluding hydrogens is 243 g/mol. The number of unbranched alkanes of at least 4 members (excludes halogenated alkanes) is 2. The largest absolute Gasteiger partial charge is 0.397 e. The van der Waals surface area contributed by atoms with E-state index >= 15 is 0 Å². The van der Waals surface area contributed by atoms with Crippen molar-refractivity contribution in [3.8, 4) is 0 Å². The van der Waals surface area contributed by atoms with Gasteiger partial charge >= 0.3 is 0 Å². The molecule has 5 heteroatoms. The Morgan fingerprint density at radius 3 is 2.71 bits per heavy atom. The molecule has 96 valence electrons. The van der Waals surface area contributed by atoms with Crippen molar-refractivity contribution in [2.45, 2.75) is 19.3 Å². The summed E-state index contributed by atoms with van der Waals surface area (Å²) in [6.45, 7) is 1.01. The molecule has 0 amide bonds. The molecule has 0 saturated heterocycles. The van der Waals surface area contributed by atoms with Crippen molar-refractivity contribution in [1.82, 2.24) is 0 Å². The number of aliphatic hydroxyl groups excluding tert-OH is 1. The van der Waals surface area contributed by atoms with E-state index in [4.69, 9.17) is 22.4 Å². The molecule has 1 aromatic rings. The maximum absolute atomic E-state index is 13.1. The van der Waals surface area contributed by atoms with Crippen LogP contribution in [0.1, 0.15) is 19.3 Å². The van der Waals surface area contributed by atoms with E-state index in [0.717, 1.165) is 31.5 Å². The Morgan fingerprint density at radius 1 is 1.35 bits per heavy atom. The van der Waals surface area contributed by atoms with Gasteiger partial charge in [-0.25, -0.2) is 4.39 Å². The number of aliphatic hydroxyl groups is 1. The van der Waals surface area contributed by atoms with Crippen molar-refractivity contribution in [3.63, 3.8) is 0 Å². The maximum Gasteiger partial charge on any atom is 0.143 e. The van der Waals surface area contributed by atoms with Crippen LogP contribution in [0.3, 0.4) is 0 Å². The Bertz CT molecular complexity index is 374. The smallest absolute Gasteiger partial charge is 0.143 e. The molecule has 0 aliphatic heterocycles. The van der Waals surface area contributed by atoms with Gasteiger partial charge < -0.3 is 15.7 Å². The quantitative estimate of drug-likeness (QED) is 0.611. The van der Waals surface area contributed by atoms with E-state index in [9.17, 15) is 4.39 Å². The fourth-order valence-corrected chi connectivity index (χ4v) is 1.80. The van der Waals surface area contributed by atoms with Crippen LogP contribution in [0, 0.1) is 5.82 Å². The zero-order chi connectivity index (χ0) is 12.8. The van der Waals surface area contributed by atoms with Crippen LogP contribution in [0.2, 0.25) is 5.02 Å². The lowest BCUT2D eigenvalue weighted by Gasteiger charge is -2.21. The lowest BCUT2D eigenvalue weighted by Crippen LogP contribution is -2.20. The number of halogens is 2. The van der Waals surface area contributed by atoms with Crippen molar-refractivity contribution >= 4 is 23.0 Å². The van der Waals surface area contributed by atoms with Gasteiger partial charge in [-0.15, -0.1) is 0 Å². The standard InChI is InChI=1S/C12H18ClFN2O/c1-16(5-3-2-4-6-17)12-7-9(13)10(14)8-11(12)15/h7-8,17H,2-6,15H2,1H3. The monoisotopic (exact) mass is 260 g/mol. The molecule has 0 saturated carbocycles. The number of hydrogen-bond donors (Lipinski definition) is 2. The minimum atomic E-state index is -0.499. The van der Waals surface area contributed by atoms with Crippen LogP contribution in [-0.2, 0) is 0 Å². The minimum absolute atomic E-state index is 0.0800. The van der Waals surface area contributed by atoms with Crippen LogP contribution in [0.5, 0.6) is 0 Å². The number of hydrogen-bond acceptors (Lipinski definition) is 3. The SMILES string of the molecule is CN(CCCCCO)c1cc(Cl)c(F)cc1N. The number of benzene rings is 1. The van der Waals surface area contributed by atoms with E-state index in [1.165, 1.54) is 12.1 Å². The summed E-state index contributed by atoms with van der Waals surface area (Å²) in [5.41, 5.74) is 6.86. The first kappa shape index (κ1) is 14.1. The van der Waals surface area contributed by atoms with Crippen molar-refractivity contribution in [2.24, 2.45) is 0 Å². The molecule has 3 N–H and O–H groups in total. The third kappa shape index (κ3) is 4.06. The van der Waals surface area contributed by atoms with Crippen molar-refractivity contribution in [2.75, 3.05) is 30.8 Å². The molecule has 0 heterocycles. The van der Waals surface area contributed by atoms with E-state index in [1.807, 2.05) is 11.9 Å². The topological polar surface area (TPSA) is 49.5 Å². The van der Waals surface area contributed by atoms with Crippen LogP contribution in [0.25, 0.3) is 0 Å². The predicted molar refractivity (Wildman–Crippen MR) is 70.0 cm³/mol. The Kier molecular flexibility index (Phi) is 5.51. The van der Waals surface area contributed by atoms with E-state index in [2.05, 4.69) is 0 Å². The number of anilines is 2. The van der Waals surface area contributed by atoms with Gasteiger partial charge in [-0.1, -0.05) is 11.6 Å². The summed E-state index contributed by atoms with van der Waals surface area (Å²) in [7, 11) is 1.89.